The monoisotopic (exact) mass is 335 g/mol. The maximum atomic E-state index is 12.5. The first-order valence-electron chi connectivity index (χ1n) is 8.41. The summed E-state index contributed by atoms with van der Waals surface area (Å²) in [6.45, 7) is 6.16. The van der Waals surface area contributed by atoms with Crippen LogP contribution in [0.5, 0.6) is 0 Å². The van der Waals surface area contributed by atoms with Gasteiger partial charge in [0.25, 0.3) is 5.56 Å². The molecule has 5 nitrogen and oxygen atoms in total. The van der Waals surface area contributed by atoms with Crippen LogP contribution < -0.4 is 10.9 Å². The van der Waals surface area contributed by atoms with Crippen molar-refractivity contribution in [2.45, 2.75) is 75.5 Å². The minimum absolute atomic E-state index is 0.0383. The van der Waals surface area contributed by atoms with Crippen molar-refractivity contribution in [3.8, 4) is 0 Å². The summed E-state index contributed by atoms with van der Waals surface area (Å²) in [5.41, 5.74) is 0.633. The molecule has 23 heavy (non-hydrogen) atoms. The van der Waals surface area contributed by atoms with E-state index in [1.807, 2.05) is 0 Å². The Hall–Kier alpha value is -1.30. The van der Waals surface area contributed by atoms with Crippen molar-refractivity contribution in [2.75, 3.05) is 5.75 Å². The van der Waals surface area contributed by atoms with Crippen molar-refractivity contribution in [1.82, 2.24) is 14.9 Å². The van der Waals surface area contributed by atoms with Gasteiger partial charge in [-0.2, -0.15) is 0 Å². The second kappa shape index (κ2) is 6.30. The molecule has 2 heterocycles. The standard InChI is InChI=1S/C17H25N3O2S/c1-17(2,3)13-9-15(22)20-12(10-23-16(20)19-13)8-14(21)18-11-6-4-5-7-11/h9,11-12H,4-8,10H2,1-3H3,(H,18,21). The Labute approximate surface area is 141 Å². The van der Waals surface area contributed by atoms with Crippen LogP contribution >= 0.6 is 11.8 Å². The Morgan fingerprint density at radius 2 is 2.09 bits per heavy atom. The molecule has 1 saturated carbocycles. The average molecular weight is 335 g/mol. The smallest absolute Gasteiger partial charge is 0.254 e. The molecule has 2 aliphatic rings. The zero-order valence-electron chi connectivity index (χ0n) is 14.1. The van der Waals surface area contributed by atoms with Crippen LogP contribution in [-0.2, 0) is 10.2 Å². The summed E-state index contributed by atoms with van der Waals surface area (Å²) in [4.78, 5) is 29.4. The normalized spacial score (nSPS) is 21.4. The van der Waals surface area contributed by atoms with Crippen molar-refractivity contribution in [3.05, 3.63) is 22.1 Å². The molecule has 1 aliphatic carbocycles. The summed E-state index contributed by atoms with van der Waals surface area (Å²) in [6, 6.07) is 1.87. The number of hydrogen-bond donors (Lipinski definition) is 1. The van der Waals surface area contributed by atoms with Gasteiger partial charge >= 0.3 is 0 Å². The van der Waals surface area contributed by atoms with Gasteiger partial charge in [0.05, 0.1) is 11.7 Å². The van der Waals surface area contributed by atoms with E-state index < -0.39 is 0 Å². The summed E-state index contributed by atoms with van der Waals surface area (Å²) in [7, 11) is 0. The maximum Gasteiger partial charge on any atom is 0.254 e. The highest BCUT2D eigenvalue weighted by Crippen LogP contribution is 2.33. The Morgan fingerprint density at radius 3 is 2.74 bits per heavy atom. The molecule has 1 atom stereocenters. The minimum Gasteiger partial charge on any atom is -0.353 e. The highest BCUT2D eigenvalue weighted by molar-refractivity contribution is 7.99. The van der Waals surface area contributed by atoms with Crippen LogP contribution in [0.25, 0.3) is 0 Å². The Bertz CT molecular complexity index is 657. The van der Waals surface area contributed by atoms with Gasteiger partial charge in [0.1, 0.15) is 0 Å². The largest absolute Gasteiger partial charge is 0.353 e. The van der Waals surface area contributed by atoms with Gasteiger partial charge in [0, 0.05) is 29.7 Å². The first kappa shape index (κ1) is 16.6. The number of carbonyl (C=O) groups is 1. The third-order valence-corrected chi connectivity index (χ3v) is 5.70. The van der Waals surface area contributed by atoms with Crippen molar-refractivity contribution in [2.24, 2.45) is 0 Å². The molecular weight excluding hydrogens is 310 g/mol. The van der Waals surface area contributed by atoms with Gasteiger partial charge in [0.15, 0.2) is 5.16 Å². The molecule has 1 N–H and O–H groups in total. The van der Waals surface area contributed by atoms with E-state index in [9.17, 15) is 9.59 Å². The molecule has 0 spiro atoms. The van der Waals surface area contributed by atoms with Crippen LogP contribution in [0.1, 0.15) is 64.6 Å². The first-order valence-corrected chi connectivity index (χ1v) is 9.39. The first-order chi connectivity index (χ1) is 10.8. The van der Waals surface area contributed by atoms with Gasteiger partial charge in [-0.05, 0) is 12.8 Å². The van der Waals surface area contributed by atoms with Crippen molar-refractivity contribution in [1.29, 1.82) is 0 Å². The maximum absolute atomic E-state index is 12.5. The molecule has 6 heteroatoms. The van der Waals surface area contributed by atoms with Crippen LogP contribution in [0.15, 0.2) is 16.0 Å². The minimum atomic E-state index is -0.146. The van der Waals surface area contributed by atoms with Gasteiger partial charge < -0.3 is 5.32 Å². The topological polar surface area (TPSA) is 64.0 Å². The molecule has 0 radical (unpaired) electrons. The van der Waals surface area contributed by atoms with Crippen LogP contribution in [0, 0.1) is 0 Å². The lowest BCUT2D eigenvalue weighted by atomic mass is 9.92. The quantitative estimate of drug-likeness (QED) is 0.863. The van der Waals surface area contributed by atoms with Crippen molar-refractivity contribution in [3.63, 3.8) is 0 Å². The fraction of sp³-hybridized carbons (Fsp3) is 0.706. The molecule has 0 bridgehead atoms. The van der Waals surface area contributed by atoms with E-state index in [2.05, 4.69) is 31.1 Å². The number of amides is 1. The van der Waals surface area contributed by atoms with E-state index in [1.165, 1.54) is 12.8 Å². The Kier molecular flexibility index (Phi) is 4.54. The summed E-state index contributed by atoms with van der Waals surface area (Å²) in [5, 5.41) is 3.86. The van der Waals surface area contributed by atoms with Crippen LogP contribution in [0.3, 0.4) is 0 Å². The van der Waals surface area contributed by atoms with Gasteiger partial charge in [-0.25, -0.2) is 4.98 Å². The van der Waals surface area contributed by atoms with E-state index in [4.69, 9.17) is 0 Å². The summed E-state index contributed by atoms with van der Waals surface area (Å²) in [6.07, 6.45) is 4.93. The number of nitrogens with zero attached hydrogens (tertiary/aromatic N) is 2. The van der Waals surface area contributed by atoms with E-state index in [0.29, 0.717) is 12.5 Å². The van der Waals surface area contributed by atoms with Crippen molar-refractivity contribution >= 4 is 17.7 Å². The van der Waals surface area contributed by atoms with E-state index in [-0.39, 0.29) is 22.9 Å². The van der Waals surface area contributed by atoms with E-state index >= 15 is 0 Å². The van der Waals surface area contributed by atoms with Gasteiger partial charge in [-0.15, -0.1) is 0 Å². The summed E-state index contributed by atoms with van der Waals surface area (Å²) in [5.74, 6) is 0.802. The highest BCUT2D eigenvalue weighted by Gasteiger charge is 2.30. The average Bonchev–Trinajstić information content (AvgIpc) is 3.08. The van der Waals surface area contributed by atoms with E-state index in [1.54, 1.807) is 22.4 Å². The van der Waals surface area contributed by atoms with Gasteiger partial charge in [-0.3, -0.25) is 14.2 Å². The zero-order chi connectivity index (χ0) is 16.6. The third kappa shape index (κ3) is 3.62. The predicted molar refractivity (Wildman–Crippen MR) is 92.0 cm³/mol. The van der Waals surface area contributed by atoms with Crippen LogP contribution in [-0.4, -0.2) is 27.3 Å². The molecule has 126 valence electrons. The number of nitrogens with one attached hydrogen (secondary N) is 1. The van der Waals surface area contributed by atoms with Gasteiger partial charge in [0.2, 0.25) is 5.91 Å². The van der Waals surface area contributed by atoms with E-state index in [0.717, 1.165) is 29.4 Å². The predicted octanol–water partition coefficient (Wildman–Crippen LogP) is 2.64. The summed E-state index contributed by atoms with van der Waals surface area (Å²) >= 11 is 1.58. The lowest BCUT2D eigenvalue weighted by Crippen LogP contribution is -2.35. The lowest BCUT2D eigenvalue weighted by Gasteiger charge is -2.20. The van der Waals surface area contributed by atoms with Gasteiger partial charge in [-0.1, -0.05) is 45.4 Å². The molecule has 3 rings (SSSR count). The molecule has 1 aromatic rings. The number of hydrogen-bond acceptors (Lipinski definition) is 4. The van der Waals surface area contributed by atoms with Crippen molar-refractivity contribution < 1.29 is 4.79 Å². The fourth-order valence-corrected chi connectivity index (χ4v) is 4.41. The third-order valence-electron chi connectivity index (χ3n) is 4.60. The van der Waals surface area contributed by atoms with Crippen LogP contribution in [0.2, 0.25) is 0 Å². The Balaban J connectivity index is 1.74. The number of aromatic nitrogens is 2. The fourth-order valence-electron chi connectivity index (χ4n) is 3.26. The molecule has 1 fully saturated rings. The second-order valence-corrected chi connectivity index (χ2v) is 8.59. The molecule has 1 aromatic heterocycles. The zero-order valence-corrected chi connectivity index (χ0v) is 14.9. The molecule has 0 saturated heterocycles. The number of carbonyl (C=O) groups excluding carboxylic acids is 1. The second-order valence-electron chi connectivity index (χ2n) is 7.60. The molecular formula is C17H25N3O2S. The summed E-state index contributed by atoms with van der Waals surface area (Å²) < 4.78 is 1.70. The molecule has 1 unspecified atom stereocenters. The number of fused-ring (bicyclic) bond motifs is 1. The SMILES string of the molecule is CC(C)(C)c1cc(=O)n2c(n1)SCC2CC(=O)NC1CCCC1. The lowest BCUT2D eigenvalue weighted by molar-refractivity contribution is -0.122. The number of thioether (sulfide) groups is 1. The Morgan fingerprint density at radius 1 is 1.39 bits per heavy atom. The molecule has 1 aliphatic heterocycles. The molecule has 1 amide bonds. The molecule has 0 aromatic carbocycles. The van der Waals surface area contributed by atoms with Crippen LogP contribution in [0.4, 0.5) is 0 Å². The number of rotatable bonds is 3. The highest BCUT2D eigenvalue weighted by atomic mass is 32.2.